The number of carbonyl (C=O) groups is 1. The van der Waals surface area contributed by atoms with E-state index in [4.69, 9.17) is 14.2 Å². The first-order chi connectivity index (χ1) is 15.1. The first kappa shape index (κ1) is 22.0. The van der Waals surface area contributed by atoms with E-state index < -0.39 is 0 Å². The Balaban J connectivity index is 1.25. The highest BCUT2D eigenvalue weighted by Crippen LogP contribution is 2.29. The van der Waals surface area contributed by atoms with Crippen LogP contribution >= 0.6 is 15.9 Å². The molecule has 2 aromatic carbocycles. The highest BCUT2D eigenvalue weighted by Gasteiger charge is 2.33. The molecule has 7 heteroatoms. The van der Waals surface area contributed by atoms with Gasteiger partial charge in [0.1, 0.15) is 17.6 Å². The van der Waals surface area contributed by atoms with Crippen LogP contribution in [0.15, 0.2) is 46.9 Å². The van der Waals surface area contributed by atoms with Crippen molar-refractivity contribution in [3.05, 3.63) is 52.5 Å². The van der Waals surface area contributed by atoms with Crippen molar-refractivity contribution in [1.29, 1.82) is 0 Å². The molecular formula is C24H29BrN2O4. The Morgan fingerprint density at radius 1 is 1.06 bits per heavy atom. The van der Waals surface area contributed by atoms with Crippen molar-refractivity contribution in [2.24, 2.45) is 5.92 Å². The Morgan fingerprint density at radius 2 is 1.81 bits per heavy atom. The number of cyclic esters (lactones) is 1. The van der Waals surface area contributed by atoms with E-state index in [1.807, 2.05) is 30.3 Å². The van der Waals surface area contributed by atoms with E-state index in [1.54, 1.807) is 19.1 Å². The highest BCUT2D eigenvalue weighted by molar-refractivity contribution is 9.10. The average Bonchev–Trinajstić information content (AvgIpc) is 3.40. The number of halogens is 1. The highest BCUT2D eigenvalue weighted by atomic mass is 79.9. The number of likely N-dealkylation sites (tertiary alicyclic amines) is 1. The van der Waals surface area contributed by atoms with Gasteiger partial charge in [-0.25, -0.2) is 4.79 Å². The van der Waals surface area contributed by atoms with Gasteiger partial charge in [0, 0.05) is 23.2 Å². The fourth-order valence-electron chi connectivity index (χ4n) is 4.40. The van der Waals surface area contributed by atoms with E-state index in [-0.39, 0.29) is 12.2 Å². The summed E-state index contributed by atoms with van der Waals surface area (Å²) in [6.45, 7) is 3.71. The van der Waals surface area contributed by atoms with Crippen LogP contribution in [-0.4, -0.2) is 57.5 Å². The quantitative estimate of drug-likeness (QED) is 0.536. The monoisotopic (exact) mass is 488 g/mol. The molecule has 2 aromatic rings. The molecule has 0 N–H and O–H groups in total. The second-order valence-electron chi connectivity index (χ2n) is 8.22. The minimum atomic E-state index is -0.266. The van der Waals surface area contributed by atoms with Gasteiger partial charge in [0.15, 0.2) is 0 Å². The Bertz CT molecular complexity index is 905. The van der Waals surface area contributed by atoms with Crippen LogP contribution in [0.2, 0.25) is 0 Å². The van der Waals surface area contributed by atoms with Crippen molar-refractivity contribution in [3.8, 4) is 11.5 Å². The number of hydrogen-bond acceptors (Lipinski definition) is 5. The van der Waals surface area contributed by atoms with Gasteiger partial charge in [0.2, 0.25) is 0 Å². The molecule has 2 unspecified atom stereocenters. The van der Waals surface area contributed by atoms with Gasteiger partial charge in [-0.3, -0.25) is 4.90 Å². The Kier molecular flexibility index (Phi) is 7.02. The van der Waals surface area contributed by atoms with Crippen molar-refractivity contribution >= 4 is 27.7 Å². The van der Waals surface area contributed by atoms with Gasteiger partial charge in [0.05, 0.1) is 20.8 Å². The lowest BCUT2D eigenvalue weighted by molar-refractivity contribution is 0.128. The van der Waals surface area contributed by atoms with Crippen molar-refractivity contribution < 1.29 is 19.0 Å². The number of hydrogen-bond donors (Lipinski definition) is 0. The molecule has 2 saturated heterocycles. The minimum Gasteiger partial charge on any atom is -0.497 e. The molecule has 4 rings (SSSR count). The summed E-state index contributed by atoms with van der Waals surface area (Å²) in [4.78, 5) is 16.5. The molecule has 166 valence electrons. The van der Waals surface area contributed by atoms with Crippen LogP contribution in [0.1, 0.15) is 18.4 Å². The smallest absolute Gasteiger partial charge is 0.414 e. The molecule has 1 amide bonds. The van der Waals surface area contributed by atoms with E-state index in [2.05, 4.69) is 33.0 Å². The second-order valence-corrected chi connectivity index (χ2v) is 9.07. The van der Waals surface area contributed by atoms with Crippen LogP contribution in [0.4, 0.5) is 10.5 Å². The maximum absolute atomic E-state index is 12.3. The number of carbonyl (C=O) groups excluding carboxylic acids is 1. The summed E-state index contributed by atoms with van der Waals surface area (Å²) in [7, 11) is 3.34. The molecule has 6 nitrogen and oxygen atoms in total. The predicted molar refractivity (Wildman–Crippen MR) is 124 cm³/mol. The molecule has 0 saturated carbocycles. The topological polar surface area (TPSA) is 51.2 Å². The number of methoxy groups -OCH3 is 2. The zero-order chi connectivity index (χ0) is 21.8. The summed E-state index contributed by atoms with van der Waals surface area (Å²) in [6.07, 6.45) is 2.75. The van der Waals surface area contributed by atoms with Gasteiger partial charge in [-0.2, -0.15) is 0 Å². The Hall–Kier alpha value is -2.25. The van der Waals surface area contributed by atoms with Crippen LogP contribution in [0.25, 0.3) is 0 Å². The number of ether oxygens (including phenoxy) is 3. The van der Waals surface area contributed by atoms with Crippen LogP contribution in [0.5, 0.6) is 11.5 Å². The van der Waals surface area contributed by atoms with Gasteiger partial charge < -0.3 is 19.1 Å². The third-order valence-corrected chi connectivity index (χ3v) is 6.93. The summed E-state index contributed by atoms with van der Waals surface area (Å²) in [5.41, 5.74) is 2.14. The number of nitrogens with zero attached hydrogens (tertiary/aromatic N) is 2. The van der Waals surface area contributed by atoms with Crippen molar-refractivity contribution in [3.63, 3.8) is 0 Å². The number of benzene rings is 2. The lowest BCUT2D eigenvalue weighted by Gasteiger charge is -2.18. The zero-order valence-corrected chi connectivity index (χ0v) is 19.6. The number of rotatable bonds is 8. The SMILES string of the molecule is COc1ccc(N2CC(CCN3CCC(Cc4cc(OC)ccc4Br)C3)OC2=O)cc1. The van der Waals surface area contributed by atoms with Gasteiger partial charge in [0.25, 0.3) is 0 Å². The van der Waals surface area contributed by atoms with Gasteiger partial charge in [-0.05, 0) is 79.8 Å². The molecule has 2 aliphatic rings. The largest absolute Gasteiger partial charge is 0.497 e. The molecule has 0 aromatic heterocycles. The molecule has 0 bridgehead atoms. The number of anilines is 1. The molecule has 0 radical (unpaired) electrons. The lowest BCUT2D eigenvalue weighted by atomic mass is 9.98. The van der Waals surface area contributed by atoms with E-state index in [0.29, 0.717) is 12.5 Å². The molecule has 0 aliphatic carbocycles. The van der Waals surface area contributed by atoms with E-state index in [0.717, 1.165) is 54.1 Å². The molecule has 31 heavy (non-hydrogen) atoms. The average molecular weight is 489 g/mol. The van der Waals surface area contributed by atoms with Crippen LogP contribution in [0.3, 0.4) is 0 Å². The predicted octanol–water partition coefficient (Wildman–Crippen LogP) is 4.75. The third-order valence-electron chi connectivity index (χ3n) is 6.16. The maximum Gasteiger partial charge on any atom is 0.414 e. The molecule has 2 atom stereocenters. The maximum atomic E-state index is 12.3. The number of amides is 1. The summed E-state index contributed by atoms with van der Waals surface area (Å²) in [5, 5.41) is 0. The summed E-state index contributed by atoms with van der Waals surface area (Å²) >= 11 is 3.67. The molecule has 2 aliphatic heterocycles. The van der Waals surface area contributed by atoms with E-state index >= 15 is 0 Å². The van der Waals surface area contributed by atoms with Gasteiger partial charge >= 0.3 is 6.09 Å². The molecule has 2 heterocycles. The summed E-state index contributed by atoms with van der Waals surface area (Å²) in [6, 6.07) is 13.7. The van der Waals surface area contributed by atoms with Crippen LogP contribution < -0.4 is 14.4 Å². The lowest BCUT2D eigenvalue weighted by Crippen LogP contribution is -2.28. The van der Waals surface area contributed by atoms with Gasteiger partial charge in [-0.15, -0.1) is 0 Å². The van der Waals surface area contributed by atoms with Crippen LogP contribution in [-0.2, 0) is 11.2 Å². The summed E-state index contributed by atoms with van der Waals surface area (Å²) < 4.78 is 17.3. The van der Waals surface area contributed by atoms with Crippen molar-refractivity contribution in [1.82, 2.24) is 4.90 Å². The zero-order valence-electron chi connectivity index (χ0n) is 18.1. The second kappa shape index (κ2) is 9.92. The Labute approximate surface area is 192 Å². The molecule has 0 spiro atoms. The summed E-state index contributed by atoms with van der Waals surface area (Å²) in [5.74, 6) is 2.31. The van der Waals surface area contributed by atoms with Crippen molar-refractivity contribution in [2.75, 3.05) is 45.3 Å². The minimum absolute atomic E-state index is 0.0684. The van der Waals surface area contributed by atoms with E-state index in [9.17, 15) is 4.79 Å². The fourth-order valence-corrected chi connectivity index (χ4v) is 4.81. The Morgan fingerprint density at radius 3 is 2.55 bits per heavy atom. The molecule has 2 fully saturated rings. The first-order valence-electron chi connectivity index (χ1n) is 10.7. The first-order valence-corrected chi connectivity index (χ1v) is 11.5. The van der Waals surface area contributed by atoms with Crippen molar-refractivity contribution in [2.45, 2.75) is 25.4 Å². The normalized spacial score (nSPS) is 21.4. The fraction of sp³-hybridized carbons (Fsp3) is 0.458. The van der Waals surface area contributed by atoms with E-state index in [1.165, 1.54) is 12.0 Å². The third kappa shape index (κ3) is 5.33. The molecular weight excluding hydrogens is 460 g/mol. The van der Waals surface area contributed by atoms with Crippen LogP contribution in [0, 0.1) is 5.92 Å². The standard InChI is InChI=1S/C24H29BrN2O4/c1-29-20-5-3-19(4-6-20)27-16-22(31-24(27)28)10-12-26-11-9-17(15-26)13-18-14-21(30-2)7-8-23(18)25/h3-8,14,17,22H,9-13,15-16H2,1-2H3. The van der Waals surface area contributed by atoms with Gasteiger partial charge in [-0.1, -0.05) is 15.9 Å².